The Kier molecular flexibility index (Phi) is 5.73. The van der Waals surface area contributed by atoms with Crippen LogP contribution in [0.1, 0.15) is 73.1 Å². The SMILES string of the molecule is CCCCCC(C)(O)CC(C)(C)CC. The third kappa shape index (κ3) is 6.42. The summed E-state index contributed by atoms with van der Waals surface area (Å²) in [5.74, 6) is 0. The molecule has 0 radical (unpaired) electrons. The van der Waals surface area contributed by atoms with Gasteiger partial charge in [0.25, 0.3) is 0 Å². The summed E-state index contributed by atoms with van der Waals surface area (Å²) in [5.41, 5.74) is -0.190. The van der Waals surface area contributed by atoms with Crippen LogP contribution in [0.5, 0.6) is 0 Å². The fraction of sp³-hybridized carbons (Fsp3) is 1.00. The molecule has 0 fully saturated rings. The van der Waals surface area contributed by atoms with Gasteiger partial charge in [0, 0.05) is 0 Å². The molecule has 0 rings (SSSR count). The standard InChI is InChI=1S/C13H28O/c1-6-8-9-10-13(5,14)11-12(3,4)7-2/h14H,6-11H2,1-5H3. The van der Waals surface area contributed by atoms with Crippen LogP contribution in [0.15, 0.2) is 0 Å². The van der Waals surface area contributed by atoms with Crippen molar-refractivity contribution >= 4 is 0 Å². The van der Waals surface area contributed by atoms with E-state index in [1.165, 1.54) is 12.8 Å². The Morgan fingerprint density at radius 3 is 2.00 bits per heavy atom. The lowest BCUT2D eigenvalue weighted by Crippen LogP contribution is -2.31. The summed E-state index contributed by atoms with van der Waals surface area (Å²) in [7, 11) is 0. The van der Waals surface area contributed by atoms with E-state index < -0.39 is 5.60 Å². The molecule has 0 amide bonds. The summed E-state index contributed by atoms with van der Waals surface area (Å²) in [6, 6.07) is 0. The Hall–Kier alpha value is -0.0400. The van der Waals surface area contributed by atoms with E-state index in [4.69, 9.17) is 0 Å². The molecule has 14 heavy (non-hydrogen) atoms. The number of hydrogen-bond acceptors (Lipinski definition) is 1. The van der Waals surface area contributed by atoms with Gasteiger partial charge in [-0.15, -0.1) is 0 Å². The maximum Gasteiger partial charge on any atom is 0.0624 e. The van der Waals surface area contributed by atoms with Crippen LogP contribution in [0.4, 0.5) is 0 Å². The maximum absolute atomic E-state index is 10.2. The van der Waals surface area contributed by atoms with Gasteiger partial charge in [-0.05, 0) is 25.2 Å². The molecule has 1 atom stereocenters. The molecule has 0 aliphatic heterocycles. The second-order valence-corrected chi connectivity index (χ2v) is 5.65. The Morgan fingerprint density at radius 2 is 1.57 bits per heavy atom. The quantitative estimate of drug-likeness (QED) is 0.612. The van der Waals surface area contributed by atoms with E-state index in [1.54, 1.807) is 0 Å². The smallest absolute Gasteiger partial charge is 0.0624 e. The van der Waals surface area contributed by atoms with E-state index in [9.17, 15) is 5.11 Å². The van der Waals surface area contributed by atoms with Crippen LogP contribution in [0.2, 0.25) is 0 Å². The summed E-state index contributed by atoms with van der Waals surface area (Å²) in [5, 5.41) is 10.2. The molecule has 0 bridgehead atoms. The highest BCUT2D eigenvalue weighted by molar-refractivity contribution is 4.81. The minimum atomic E-state index is -0.464. The lowest BCUT2D eigenvalue weighted by atomic mass is 9.77. The molecule has 1 unspecified atom stereocenters. The van der Waals surface area contributed by atoms with Crippen LogP contribution >= 0.6 is 0 Å². The van der Waals surface area contributed by atoms with Gasteiger partial charge in [-0.2, -0.15) is 0 Å². The molecule has 1 heteroatoms. The lowest BCUT2D eigenvalue weighted by molar-refractivity contribution is 0.00400. The highest BCUT2D eigenvalue weighted by atomic mass is 16.3. The molecule has 0 spiro atoms. The highest BCUT2D eigenvalue weighted by Gasteiger charge is 2.28. The van der Waals surface area contributed by atoms with Gasteiger partial charge in [0.1, 0.15) is 0 Å². The first kappa shape index (κ1) is 14.0. The van der Waals surface area contributed by atoms with E-state index in [0.717, 1.165) is 25.7 Å². The topological polar surface area (TPSA) is 20.2 Å². The summed E-state index contributed by atoms with van der Waals surface area (Å²) >= 11 is 0. The van der Waals surface area contributed by atoms with Gasteiger partial charge in [0.2, 0.25) is 0 Å². The summed E-state index contributed by atoms with van der Waals surface area (Å²) < 4.78 is 0. The molecule has 1 nitrogen and oxygen atoms in total. The van der Waals surface area contributed by atoms with Gasteiger partial charge in [-0.25, -0.2) is 0 Å². The summed E-state index contributed by atoms with van der Waals surface area (Å²) in [4.78, 5) is 0. The Morgan fingerprint density at radius 1 is 1.00 bits per heavy atom. The van der Waals surface area contributed by atoms with Crippen LogP contribution in [0, 0.1) is 5.41 Å². The normalized spacial score (nSPS) is 16.7. The van der Waals surface area contributed by atoms with Crippen LogP contribution < -0.4 is 0 Å². The molecule has 0 saturated heterocycles. The van der Waals surface area contributed by atoms with Crippen molar-refractivity contribution in [3.8, 4) is 0 Å². The second-order valence-electron chi connectivity index (χ2n) is 5.65. The third-order valence-electron chi connectivity index (χ3n) is 3.14. The summed E-state index contributed by atoms with van der Waals surface area (Å²) in [6.07, 6.45) is 6.63. The van der Waals surface area contributed by atoms with Crippen LogP contribution in [0.25, 0.3) is 0 Å². The van der Waals surface area contributed by atoms with Crippen molar-refractivity contribution in [1.82, 2.24) is 0 Å². The van der Waals surface area contributed by atoms with Crippen LogP contribution in [-0.4, -0.2) is 10.7 Å². The molecule has 86 valence electrons. The van der Waals surface area contributed by atoms with E-state index in [1.807, 2.05) is 6.92 Å². The average molecular weight is 200 g/mol. The lowest BCUT2D eigenvalue weighted by Gasteiger charge is -2.33. The van der Waals surface area contributed by atoms with Gasteiger partial charge >= 0.3 is 0 Å². The van der Waals surface area contributed by atoms with Gasteiger partial charge in [0.05, 0.1) is 5.60 Å². The predicted octanol–water partition coefficient (Wildman–Crippen LogP) is 4.14. The van der Waals surface area contributed by atoms with Gasteiger partial charge in [0.15, 0.2) is 0 Å². The number of hydrogen-bond donors (Lipinski definition) is 1. The zero-order valence-corrected chi connectivity index (χ0v) is 10.7. The minimum Gasteiger partial charge on any atom is -0.390 e. The third-order valence-corrected chi connectivity index (χ3v) is 3.14. The minimum absolute atomic E-state index is 0.274. The average Bonchev–Trinajstić information content (AvgIpc) is 2.03. The molecular weight excluding hydrogens is 172 g/mol. The monoisotopic (exact) mass is 200 g/mol. The molecule has 0 aromatic heterocycles. The maximum atomic E-state index is 10.2. The first-order valence-electron chi connectivity index (χ1n) is 6.05. The summed E-state index contributed by atoms with van der Waals surface area (Å²) in [6.45, 7) is 10.9. The highest BCUT2D eigenvalue weighted by Crippen LogP contribution is 2.33. The Bertz CT molecular complexity index is 147. The largest absolute Gasteiger partial charge is 0.390 e. The van der Waals surface area contributed by atoms with Crippen molar-refractivity contribution in [3.05, 3.63) is 0 Å². The van der Waals surface area contributed by atoms with Gasteiger partial charge < -0.3 is 5.11 Å². The first-order valence-corrected chi connectivity index (χ1v) is 6.05. The van der Waals surface area contributed by atoms with Crippen molar-refractivity contribution < 1.29 is 5.11 Å². The number of unbranched alkanes of at least 4 members (excludes halogenated alkanes) is 2. The van der Waals surface area contributed by atoms with Crippen molar-refractivity contribution in [1.29, 1.82) is 0 Å². The Labute approximate surface area is 89.9 Å². The zero-order valence-electron chi connectivity index (χ0n) is 10.7. The molecule has 1 N–H and O–H groups in total. The van der Waals surface area contributed by atoms with E-state index in [-0.39, 0.29) is 5.41 Å². The van der Waals surface area contributed by atoms with Crippen molar-refractivity contribution in [2.45, 2.75) is 78.7 Å². The molecule has 0 heterocycles. The molecule has 0 aromatic rings. The molecule has 0 aliphatic rings. The van der Waals surface area contributed by atoms with E-state index in [2.05, 4.69) is 27.7 Å². The molecular formula is C13H28O. The van der Waals surface area contributed by atoms with Crippen molar-refractivity contribution in [2.75, 3.05) is 0 Å². The van der Waals surface area contributed by atoms with Crippen LogP contribution in [0.3, 0.4) is 0 Å². The number of rotatable bonds is 7. The fourth-order valence-electron chi connectivity index (χ4n) is 2.00. The van der Waals surface area contributed by atoms with Gasteiger partial charge in [-0.1, -0.05) is 53.4 Å². The van der Waals surface area contributed by atoms with Crippen molar-refractivity contribution in [3.63, 3.8) is 0 Å². The van der Waals surface area contributed by atoms with Crippen LogP contribution in [-0.2, 0) is 0 Å². The fourth-order valence-corrected chi connectivity index (χ4v) is 2.00. The van der Waals surface area contributed by atoms with Crippen molar-refractivity contribution in [2.24, 2.45) is 5.41 Å². The van der Waals surface area contributed by atoms with E-state index in [0.29, 0.717) is 0 Å². The first-order chi connectivity index (χ1) is 6.33. The molecule has 0 aliphatic carbocycles. The zero-order chi connectivity index (χ0) is 11.2. The molecule has 0 saturated carbocycles. The van der Waals surface area contributed by atoms with Gasteiger partial charge in [-0.3, -0.25) is 0 Å². The molecule has 0 aromatic carbocycles. The Balaban J connectivity index is 3.93. The van der Waals surface area contributed by atoms with E-state index >= 15 is 0 Å². The predicted molar refractivity (Wildman–Crippen MR) is 63.5 cm³/mol. The second kappa shape index (κ2) is 5.75. The number of aliphatic hydroxyl groups is 1.